The number of carboxylic acid groups (broad SMARTS) is 1. The van der Waals surface area contributed by atoms with Gasteiger partial charge in [0.1, 0.15) is 0 Å². The molecule has 0 unspecified atom stereocenters. The van der Waals surface area contributed by atoms with Crippen LogP contribution < -0.4 is 18.9 Å². The van der Waals surface area contributed by atoms with Gasteiger partial charge in [-0.05, 0) is 124 Å². The number of carbonyl (C=O) groups excluding carboxylic acids is 1. The minimum absolute atomic E-state index is 0.102. The van der Waals surface area contributed by atoms with Gasteiger partial charge in [-0.2, -0.15) is 10.5 Å². The highest BCUT2D eigenvalue weighted by molar-refractivity contribution is 5.72. The van der Waals surface area contributed by atoms with E-state index in [4.69, 9.17) is 23.7 Å². The Kier molecular flexibility index (Phi) is 11.6. The highest BCUT2D eigenvalue weighted by Crippen LogP contribution is 2.46. The predicted molar refractivity (Wildman–Crippen MR) is 181 cm³/mol. The van der Waals surface area contributed by atoms with E-state index in [0.717, 1.165) is 11.1 Å². The molecule has 49 heavy (non-hydrogen) atoms. The fourth-order valence-electron chi connectivity index (χ4n) is 6.96. The van der Waals surface area contributed by atoms with Crippen LogP contribution in [0, 0.1) is 46.3 Å². The van der Waals surface area contributed by atoms with Crippen LogP contribution in [0.3, 0.4) is 0 Å². The van der Waals surface area contributed by atoms with Crippen LogP contribution in [0.25, 0.3) is 0 Å². The van der Waals surface area contributed by atoms with Crippen molar-refractivity contribution in [3.05, 3.63) is 47.5 Å². The van der Waals surface area contributed by atoms with Gasteiger partial charge >= 0.3 is 11.9 Å². The van der Waals surface area contributed by atoms with E-state index in [0.29, 0.717) is 99.4 Å². The highest BCUT2D eigenvalue weighted by atomic mass is 16.5. The van der Waals surface area contributed by atoms with Crippen molar-refractivity contribution in [1.82, 2.24) is 0 Å². The van der Waals surface area contributed by atoms with Gasteiger partial charge in [0.15, 0.2) is 23.0 Å². The monoisotopic (exact) mass is 672 g/mol. The summed E-state index contributed by atoms with van der Waals surface area (Å²) in [7, 11) is 4.65. The first kappa shape index (κ1) is 35.9. The van der Waals surface area contributed by atoms with Crippen molar-refractivity contribution in [1.29, 1.82) is 10.5 Å². The largest absolute Gasteiger partial charge is 0.493 e. The van der Waals surface area contributed by atoms with E-state index in [1.165, 1.54) is 32.8 Å². The Balaban J connectivity index is 0.000000191. The number of nitriles is 2. The zero-order chi connectivity index (χ0) is 35.0. The molecule has 262 valence electrons. The summed E-state index contributed by atoms with van der Waals surface area (Å²) in [6.07, 6.45) is 9.70. The van der Waals surface area contributed by atoms with Crippen LogP contribution in [-0.2, 0) is 25.2 Å². The molecule has 6 rings (SSSR count). The molecule has 0 atom stereocenters. The molecule has 2 aromatic carbocycles. The normalized spacial score (nSPS) is 26.1. The van der Waals surface area contributed by atoms with Crippen LogP contribution >= 0.6 is 0 Å². The van der Waals surface area contributed by atoms with Crippen molar-refractivity contribution in [3.8, 4) is 35.1 Å². The molecule has 0 aliphatic heterocycles. The lowest BCUT2D eigenvalue weighted by Gasteiger charge is -2.34. The molecule has 0 aromatic heterocycles. The lowest BCUT2D eigenvalue weighted by molar-refractivity contribution is -0.147. The van der Waals surface area contributed by atoms with Crippen molar-refractivity contribution in [2.24, 2.45) is 23.7 Å². The van der Waals surface area contributed by atoms with Gasteiger partial charge in [-0.15, -0.1) is 0 Å². The van der Waals surface area contributed by atoms with Crippen molar-refractivity contribution >= 4 is 11.9 Å². The van der Waals surface area contributed by atoms with Gasteiger partial charge in [0.25, 0.3) is 0 Å². The molecule has 0 heterocycles. The molecule has 0 radical (unpaired) electrons. The van der Waals surface area contributed by atoms with E-state index in [1.54, 1.807) is 14.2 Å². The maximum absolute atomic E-state index is 11.8. The summed E-state index contributed by atoms with van der Waals surface area (Å²) in [6.45, 7) is 1.38. The summed E-state index contributed by atoms with van der Waals surface area (Å²) < 4.78 is 27.5. The molecule has 4 saturated carbocycles. The van der Waals surface area contributed by atoms with Crippen LogP contribution in [0.5, 0.6) is 23.0 Å². The SMILES string of the molecule is COC(=O)C1CCC(C#N)(c2ccc(OC)c(OCC3CC3)c2)CC1.COc1ccc(C2(C#N)CCC(C(=O)O)CC2)cc1OCC1CC1. The van der Waals surface area contributed by atoms with E-state index in [2.05, 4.69) is 12.1 Å². The molecular weight excluding hydrogens is 624 g/mol. The number of hydrogen-bond acceptors (Lipinski definition) is 9. The maximum atomic E-state index is 11.8. The zero-order valence-corrected chi connectivity index (χ0v) is 28.9. The summed E-state index contributed by atoms with van der Waals surface area (Å²) in [5, 5.41) is 28.9. The van der Waals surface area contributed by atoms with Gasteiger partial charge in [-0.3, -0.25) is 9.59 Å². The molecule has 4 aliphatic carbocycles. The van der Waals surface area contributed by atoms with E-state index < -0.39 is 16.8 Å². The molecule has 10 nitrogen and oxygen atoms in total. The van der Waals surface area contributed by atoms with E-state index in [9.17, 15) is 25.2 Å². The minimum Gasteiger partial charge on any atom is -0.493 e. The number of esters is 1. The first-order chi connectivity index (χ1) is 23.7. The van der Waals surface area contributed by atoms with Crippen molar-refractivity contribution in [2.45, 2.75) is 87.9 Å². The lowest BCUT2D eigenvalue weighted by atomic mass is 9.67. The third-order valence-electron chi connectivity index (χ3n) is 10.8. The summed E-state index contributed by atoms with van der Waals surface area (Å²) in [5.74, 6) is 2.66. The lowest BCUT2D eigenvalue weighted by Crippen LogP contribution is -2.33. The minimum atomic E-state index is -0.760. The Morgan fingerprint density at radius 2 is 1.08 bits per heavy atom. The van der Waals surface area contributed by atoms with Crippen LogP contribution in [0.15, 0.2) is 36.4 Å². The summed E-state index contributed by atoms with van der Waals surface area (Å²) >= 11 is 0. The summed E-state index contributed by atoms with van der Waals surface area (Å²) in [4.78, 5) is 22.9. The first-order valence-electron chi connectivity index (χ1n) is 17.5. The quantitative estimate of drug-likeness (QED) is 0.231. The highest BCUT2D eigenvalue weighted by Gasteiger charge is 2.41. The molecule has 4 fully saturated rings. The molecule has 0 saturated heterocycles. The summed E-state index contributed by atoms with van der Waals surface area (Å²) in [5.41, 5.74) is 0.648. The second kappa shape index (κ2) is 15.8. The number of aliphatic carboxylic acids is 1. The number of methoxy groups -OCH3 is 3. The average molecular weight is 673 g/mol. The number of rotatable bonds is 12. The molecular formula is C39H48N2O8. The topological polar surface area (TPSA) is 148 Å². The Labute approximate surface area is 289 Å². The van der Waals surface area contributed by atoms with Crippen LogP contribution in [0.4, 0.5) is 0 Å². The second-order valence-corrected chi connectivity index (χ2v) is 14.0. The van der Waals surface area contributed by atoms with Gasteiger partial charge in [0, 0.05) is 0 Å². The van der Waals surface area contributed by atoms with E-state index in [-0.39, 0.29) is 17.8 Å². The van der Waals surface area contributed by atoms with Gasteiger partial charge in [-0.1, -0.05) is 12.1 Å². The molecule has 0 bridgehead atoms. The second-order valence-electron chi connectivity index (χ2n) is 14.0. The average Bonchev–Trinajstić information content (AvgIpc) is 4.09. The fourth-order valence-corrected chi connectivity index (χ4v) is 6.96. The zero-order valence-electron chi connectivity index (χ0n) is 28.9. The maximum Gasteiger partial charge on any atom is 0.308 e. The summed E-state index contributed by atoms with van der Waals surface area (Å²) in [6, 6.07) is 16.4. The third-order valence-corrected chi connectivity index (χ3v) is 10.8. The smallest absolute Gasteiger partial charge is 0.308 e. The van der Waals surface area contributed by atoms with Gasteiger partial charge in [-0.25, -0.2) is 0 Å². The number of nitrogens with zero attached hydrogens (tertiary/aromatic N) is 2. The molecule has 1 N–H and O–H groups in total. The number of hydrogen-bond donors (Lipinski definition) is 1. The number of benzene rings is 2. The van der Waals surface area contributed by atoms with Crippen molar-refractivity contribution in [3.63, 3.8) is 0 Å². The Morgan fingerprint density at radius 1 is 0.673 bits per heavy atom. The van der Waals surface area contributed by atoms with E-state index in [1.807, 2.05) is 36.4 Å². The van der Waals surface area contributed by atoms with E-state index >= 15 is 0 Å². The Hall–Kier alpha value is -4.44. The van der Waals surface area contributed by atoms with Crippen molar-refractivity contribution < 1.29 is 38.4 Å². The molecule has 0 spiro atoms. The Bertz CT molecular complexity index is 1550. The Morgan fingerprint density at radius 3 is 1.41 bits per heavy atom. The number of carboxylic acids is 1. The molecule has 4 aliphatic rings. The molecule has 2 aromatic rings. The van der Waals surface area contributed by atoms with Crippen molar-refractivity contribution in [2.75, 3.05) is 34.5 Å². The number of ether oxygens (including phenoxy) is 5. The van der Waals surface area contributed by atoms with Crippen LogP contribution in [0.1, 0.15) is 88.2 Å². The predicted octanol–water partition coefficient (Wildman–Crippen LogP) is 7.13. The van der Waals surface area contributed by atoms with Gasteiger partial charge in [0.2, 0.25) is 0 Å². The first-order valence-corrected chi connectivity index (χ1v) is 17.5. The van der Waals surface area contributed by atoms with Crippen LogP contribution in [-0.4, -0.2) is 51.6 Å². The fraction of sp³-hybridized carbons (Fsp3) is 0.590. The van der Waals surface area contributed by atoms with Gasteiger partial charge in [0.05, 0.1) is 69.3 Å². The standard InChI is InChI=1S/C20H25NO4.C19H23NO4/c1-23-17-6-5-16(11-18(17)25-12-14-3-4-14)20(13-21)9-7-15(8-10-20)19(22)24-2;1-23-16-5-4-15(10-17(16)24-11-13-2-3-13)19(12-20)8-6-14(7-9-19)18(21)22/h5-6,11,14-15H,3-4,7-10,12H2,1-2H3;4-5,10,13-14H,2-3,6-9,11H2,1H3,(H,21,22). The molecule has 10 heteroatoms. The van der Waals surface area contributed by atoms with Gasteiger partial charge < -0.3 is 28.8 Å². The third kappa shape index (κ3) is 8.60. The molecule has 0 amide bonds. The van der Waals surface area contributed by atoms with Crippen LogP contribution in [0.2, 0.25) is 0 Å². The number of carbonyl (C=O) groups is 2.